The predicted octanol–water partition coefficient (Wildman–Crippen LogP) is 4.71. The number of benzene rings is 2. The molecule has 1 aliphatic heterocycles. The molecule has 0 unspecified atom stereocenters. The largest absolute Gasteiger partial charge is 0.369 e. The van der Waals surface area contributed by atoms with Gasteiger partial charge in [-0.1, -0.05) is 30.3 Å². The Morgan fingerprint density at radius 1 is 1.11 bits per heavy atom. The summed E-state index contributed by atoms with van der Waals surface area (Å²) in [5.41, 5.74) is 2.30. The smallest absolute Gasteiger partial charge is 0.348 e. The third-order valence-electron chi connectivity index (χ3n) is 6.23. The lowest BCUT2D eigenvalue weighted by atomic mass is 10.2. The lowest BCUT2D eigenvalue weighted by Crippen LogP contribution is -2.44. The topological polar surface area (TPSA) is 84.5 Å². The lowest BCUT2D eigenvalue weighted by Gasteiger charge is -2.34. The minimum atomic E-state index is -0.490. The van der Waals surface area contributed by atoms with Crippen LogP contribution in [0.3, 0.4) is 0 Å². The van der Waals surface area contributed by atoms with E-state index in [1.165, 1.54) is 33.9 Å². The summed E-state index contributed by atoms with van der Waals surface area (Å²) in [6.07, 6.45) is 1.21. The summed E-state index contributed by atoms with van der Waals surface area (Å²) in [7, 11) is 2.12. The molecule has 180 valence electrons. The molecule has 1 fully saturated rings. The standard InChI is InChI=1S/C25H25N5O3S2/c1-17-26-15-22(30(32)33)29(17)23-24(31)20-9-8-19(28-12-10-27(2)11-13-28)14-21(20)35-25(23)34-16-18-6-4-3-5-7-18/h3-9,14-15H,10-13,16H2,1-2H3. The van der Waals surface area contributed by atoms with E-state index in [0.29, 0.717) is 22.7 Å². The van der Waals surface area contributed by atoms with Gasteiger partial charge in [0, 0.05) is 54.6 Å². The molecule has 0 bridgehead atoms. The number of piperazine rings is 1. The van der Waals surface area contributed by atoms with Crippen LogP contribution in [0.5, 0.6) is 0 Å². The number of nitro groups is 1. The number of aryl methyl sites for hydroxylation is 1. The molecular formula is C25H25N5O3S2. The first-order valence-electron chi connectivity index (χ1n) is 11.3. The Morgan fingerprint density at radius 2 is 1.86 bits per heavy atom. The molecule has 0 radical (unpaired) electrons. The second-order valence-corrected chi connectivity index (χ2v) is 10.9. The second-order valence-electron chi connectivity index (χ2n) is 8.57. The highest BCUT2D eigenvalue weighted by atomic mass is 32.2. The minimum Gasteiger partial charge on any atom is -0.369 e. The number of rotatable bonds is 6. The van der Waals surface area contributed by atoms with Crippen molar-refractivity contribution in [2.45, 2.75) is 16.9 Å². The zero-order chi connectivity index (χ0) is 24.5. The lowest BCUT2D eigenvalue weighted by molar-refractivity contribution is -0.391. The molecular weight excluding hydrogens is 482 g/mol. The summed E-state index contributed by atoms with van der Waals surface area (Å²) in [4.78, 5) is 33.9. The van der Waals surface area contributed by atoms with E-state index >= 15 is 0 Å². The predicted molar refractivity (Wildman–Crippen MR) is 142 cm³/mol. The number of hydrogen-bond acceptors (Lipinski definition) is 8. The summed E-state index contributed by atoms with van der Waals surface area (Å²) in [6, 6.07) is 15.9. The second kappa shape index (κ2) is 9.80. The van der Waals surface area contributed by atoms with E-state index in [0.717, 1.165) is 46.3 Å². The van der Waals surface area contributed by atoms with Crippen LogP contribution in [-0.4, -0.2) is 52.6 Å². The molecule has 0 atom stereocenters. The van der Waals surface area contributed by atoms with E-state index in [2.05, 4.69) is 27.9 Å². The molecule has 0 amide bonds. The quantitative estimate of drug-likeness (QED) is 0.212. The molecule has 3 heterocycles. The summed E-state index contributed by atoms with van der Waals surface area (Å²) in [5, 5.41) is 12.3. The van der Waals surface area contributed by atoms with Crippen LogP contribution in [0.1, 0.15) is 11.4 Å². The van der Waals surface area contributed by atoms with Gasteiger partial charge in [-0.15, -0.1) is 23.1 Å². The van der Waals surface area contributed by atoms with Gasteiger partial charge in [-0.25, -0.2) is 4.98 Å². The van der Waals surface area contributed by atoms with Crippen LogP contribution < -0.4 is 10.3 Å². The van der Waals surface area contributed by atoms with Crippen molar-refractivity contribution >= 4 is 44.7 Å². The number of anilines is 1. The Morgan fingerprint density at radius 3 is 2.57 bits per heavy atom. The Hall–Kier alpha value is -3.21. The van der Waals surface area contributed by atoms with Gasteiger partial charge >= 0.3 is 5.82 Å². The van der Waals surface area contributed by atoms with E-state index in [1.807, 2.05) is 42.5 Å². The molecule has 10 heteroatoms. The van der Waals surface area contributed by atoms with Crippen molar-refractivity contribution in [1.29, 1.82) is 0 Å². The molecule has 1 saturated heterocycles. The van der Waals surface area contributed by atoms with Gasteiger partial charge in [0.15, 0.2) is 5.82 Å². The van der Waals surface area contributed by atoms with Crippen LogP contribution in [0.4, 0.5) is 11.5 Å². The fourth-order valence-electron chi connectivity index (χ4n) is 4.26. The minimum absolute atomic E-state index is 0.207. The molecule has 0 aliphatic carbocycles. The van der Waals surface area contributed by atoms with Crippen LogP contribution in [0.15, 0.2) is 63.7 Å². The van der Waals surface area contributed by atoms with Gasteiger partial charge in [0.1, 0.15) is 10.4 Å². The van der Waals surface area contributed by atoms with Crippen LogP contribution in [0.25, 0.3) is 15.8 Å². The molecule has 1 aliphatic rings. The van der Waals surface area contributed by atoms with E-state index in [9.17, 15) is 14.9 Å². The number of thioether (sulfide) groups is 1. The first-order valence-corrected chi connectivity index (χ1v) is 13.1. The van der Waals surface area contributed by atoms with Crippen molar-refractivity contribution in [2.75, 3.05) is 38.1 Å². The van der Waals surface area contributed by atoms with Gasteiger partial charge in [0.05, 0.1) is 0 Å². The average Bonchev–Trinajstić information content (AvgIpc) is 3.25. The molecule has 2 aromatic carbocycles. The fourth-order valence-corrected chi connectivity index (χ4v) is 6.69. The number of aromatic nitrogens is 2. The Labute approximate surface area is 211 Å². The molecule has 4 aromatic rings. The van der Waals surface area contributed by atoms with Crippen LogP contribution >= 0.6 is 23.1 Å². The van der Waals surface area contributed by atoms with Gasteiger partial charge in [-0.2, -0.15) is 4.57 Å². The molecule has 0 spiro atoms. The zero-order valence-electron chi connectivity index (χ0n) is 19.5. The Bertz CT molecular complexity index is 1440. The summed E-state index contributed by atoms with van der Waals surface area (Å²) in [5.74, 6) is 0.854. The van der Waals surface area contributed by atoms with Crippen molar-refractivity contribution < 1.29 is 4.92 Å². The highest BCUT2D eigenvalue weighted by Crippen LogP contribution is 2.38. The van der Waals surface area contributed by atoms with Gasteiger partial charge < -0.3 is 19.9 Å². The van der Waals surface area contributed by atoms with Crippen molar-refractivity contribution in [3.8, 4) is 5.69 Å². The SMILES string of the molecule is Cc1ncc([N+](=O)[O-])n1-c1c(SCc2ccccc2)sc2cc(N3CCN(C)CC3)ccc2c1=O. The zero-order valence-corrected chi connectivity index (χ0v) is 21.1. The molecule has 0 N–H and O–H groups in total. The fraction of sp³-hybridized carbons (Fsp3) is 0.280. The third-order valence-corrected chi connectivity index (χ3v) is 8.71. The highest BCUT2D eigenvalue weighted by molar-refractivity contribution is 8.00. The highest BCUT2D eigenvalue weighted by Gasteiger charge is 2.27. The molecule has 8 nitrogen and oxygen atoms in total. The Kier molecular flexibility index (Phi) is 6.59. The van der Waals surface area contributed by atoms with E-state index in [4.69, 9.17) is 0 Å². The summed E-state index contributed by atoms with van der Waals surface area (Å²) in [6.45, 7) is 5.55. The maximum Gasteiger partial charge on any atom is 0.348 e. The molecule has 35 heavy (non-hydrogen) atoms. The normalized spacial score (nSPS) is 14.5. The molecule has 2 aromatic heterocycles. The van der Waals surface area contributed by atoms with Gasteiger partial charge in [-0.3, -0.25) is 4.79 Å². The maximum absolute atomic E-state index is 13.8. The van der Waals surface area contributed by atoms with E-state index < -0.39 is 4.92 Å². The summed E-state index contributed by atoms with van der Waals surface area (Å²) < 4.78 is 3.01. The maximum atomic E-state index is 13.8. The van der Waals surface area contributed by atoms with E-state index in [1.54, 1.807) is 6.92 Å². The number of nitrogens with zero attached hydrogens (tertiary/aromatic N) is 5. The van der Waals surface area contributed by atoms with Crippen molar-refractivity contribution in [3.63, 3.8) is 0 Å². The average molecular weight is 508 g/mol. The Balaban J connectivity index is 1.64. The molecule has 5 rings (SSSR count). The van der Waals surface area contributed by atoms with E-state index in [-0.39, 0.29) is 11.2 Å². The first-order chi connectivity index (χ1) is 16.9. The van der Waals surface area contributed by atoms with Gasteiger partial charge in [-0.05, 0) is 35.7 Å². The number of imidazole rings is 1. The van der Waals surface area contributed by atoms with Crippen LogP contribution in [-0.2, 0) is 5.75 Å². The van der Waals surface area contributed by atoms with Gasteiger partial charge in [0.2, 0.25) is 11.1 Å². The van der Waals surface area contributed by atoms with Crippen LogP contribution in [0.2, 0.25) is 0 Å². The first kappa shape index (κ1) is 23.5. The van der Waals surface area contributed by atoms with Crippen LogP contribution in [0, 0.1) is 17.0 Å². The molecule has 0 saturated carbocycles. The monoisotopic (exact) mass is 507 g/mol. The number of hydrogen-bond donors (Lipinski definition) is 0. The third kappa shape index (κ3) is 4.69. The van der Waals surface area contributed by atoms with Gasteiger partial charge in [0.25, 0.3) is 0 Å². The van der Waals surface area contributed by atoms with Crippen molar-refractivity contribution in [3.05, 3.63) is 86.5 Å². The number of likely N-dealkylation sites (N-methyl/N-ethyl adjacent to an activating group) is 1. The van der Waals surface area contributed by atoms with Crippen molar-refractivity contribution in [2.24, 2.45) is 0 Å². The summed E-state index contributed by atoms with van der Waals surface area (Å²) >= 11 is 3.03. The van der Waals surface area contributed by atoms with Crippen molar-refractivity contribution in [1.82, 2.24) is 14.5 Å². The number of fused-ring (bicyclic) bond motifs is 1.